The van der Waals surface area contributed by atoms with Gasteiger partial charge in [0.05, 0.1) is 15.6 Å². The Morgan fingerprint density at radius 1 is 1.33 bits per heavy atom. The van der Waals surface area contributed by atoms with E-state index in [1.54, 1.807) is 18.3 Å². The Morgan fingerprint density at radius 3 is 2.57 bits per heavy atom. The Labute approximate surface area is 129 Å². The molecule has 2 aromatic rings. The van der Waals surface area contributed by atoms with Gasteiger partial charge in [0.2, 0.25) is 0 Å². The summed E-state index contributed by atoms with van der Waals surface area (Å²) in [7, 11) is 2.08. The molecule has 2 N–H and O–H groups in total. The number of carbonyl (C=O) groups excluding carboxylic acids is 1. The maximum atomic E-state index is 11.8. The van der Waals surface area contributed by atoms with Gasteiger partial charge in [-0.3, -0.25) is 4.79 Å². The fourth-order valence-electron chi connectivity index (χ4n) is 2.68. The van der Waals surface area contributed by atoms with Crippen molar-refractivity contribution in [3.05, 3.63) is 46.3 Å². The predicted octanol–water partition coefficient (Wildman–Crippen LogP) is 4.05. The van der Waals surface area contributed by atoms with Gasteiger partial charge in [0.25, 0.3) is 0 Å². The minimum Gasteiger partial charge on any atom is -0.397 e. The molecule has 1 heterocycles. The number of anilines is 2. The second-order valence-corrected chi connectivity index (χ2v) is 6.73. The smallest absolute Gasteiger partial charge is 0.171 e. The van der Waals surface area contributed by atoms with Gasteiger partial charge in [0.1, 0.15) is 0 Å². The fourth-order valence-corrected chi connectivity index (χ4v) is 3.85. The Morgan fingerprint density at radius 2 is 2.00 bits per heavy atom. The Balaban J connectivity index is 1.93. The first-order chi connectivity index (χ1) is 10.1. The van der Waals surface area contributed by atoms with Crippen molar-refractivity contribution >= 4 is 27.8 Å². The fraction of sp³-hybridized carbons (Fsp3) is 0.353. The van der Waals surface area contributed by atoms with Crippen LogP contribution in [0.5, 0.6) is 0 Å². The van der Waals surface area contributed by atoms with E-state index in [0.29, 0.717) is 16.5 Å². The molecule has 110 valence electrons. The summed E-state index contributed by atoms with van der Waals surface area (Å²) in [6, 6.07) is 10.4. The molecule has 1 aromatic heterocycles. The van der Waals surface area contributed by atoms with Crippen LogP contribution < -0.4 is 10.6 Å². The monoisotopic (exact) mass is 300 g/mol. The zero-order valence-corrected chi connectivity index (χ0v) is 13.2. The van der Waals surface area contributed by atoms with E-state index in [-0.39, 0.29) is 5.78 Å². The molecule has 0 atom stereocenters. The van der Waals surface area contributed by atoms with Crippen LogP contribution in [0, 0.1) is 0 Å². The Hall–Kier alpha value is -1.81. The highest BCUT2D eigenvalue weighted by molar-refractivity contribution is 7.18. The number of nitrogens with zero attached hydrogens (tertiary/aromatic N) is 1. The highest BCUT2D eigenvalue weighted by atomic mass is 32.1. The molecule has 0 aliphatic heterocycles. The standard InChI is InChI=1S/C17H20N2OS/c1-11(20)16-15(18)14(13-8-9-13)17(21-16)19(2)10-12-6-4-3-5-7-12/h3-7,13H,8-10,18H2,1-2H3. The molecule has 0 bridgehead atoms. The lowest BCUT2D eigenvalue weighted by Gasteiger charge is -2.19. The topological polar surface area (TPSA) is 46.3 Å². The molecular weight excluding hydrogens is 280 g/mol. The number of hydrogen-bond donors (Lipinski definition) is 1. The third kappa shape index (κ3) is 2.81. The predicted molar refractivity (Wildman–Crippen MR) is 89.3 cm³/mol. The SMILES string of the molecule is CC(=O)c1sc(N(C)Cc2ccccc2)c(C2CC2)c1N. The van der Waals surface area contributed by atoms with Gasteiger partial charge in [-0.05, 0) is 24.3 Å². The third-order valence-electron chi connectivity index (χ3n) is 3.88. The molecular formula is C17H20N2OS. The number of rotatable bonds is 5. The van der Waals surface area contributed by atoms with E-state index in [1.165, 1.54) is 24.0 Å². The lowest BCUT2D eigenvalue weighted by molar-refractivity contribution is 0.102. The molecule has 0 radical (unpaired) electrons. The first-order valence-corrected chi connectivity index (χ1v) is 8.07. The minimum atomic E-state index is 0.0683. The van der Waals surface area contributed by atoms with E-state index in [4.69, 9.17) is 5.73 Å². The molecule has 1 saturated carbocycles. The quantitative estimate of drug-likeness (QED) is 0.847. The lowest BCUT2D eigenvalue weighted by atomic mass is 10.1. The van der Waals surface area contributed by atoms with Crippen LogP contribution in [0.25, 0.3) is 0 Å². The zero-order valence-electron chi connectivity index (χ0n) is 12.4. The first kappa shape index (κ1) is 14.1. The lowest BCUT2D eigenvalue weighted by Crippen LogP contribution is -2.16. The summed E-state index contributed by atoms with van der Waals surface area (Å²) in [6.45, 7) is 2.43. The first-order valence-electron chi connectivity index (χ1n) is 7.26. The van der Waals surface area contributed by atoms with Gasteiger partial charge in [0.15, 0.2) is 5.78 Å². The molecule has 1 aliphatic rings. The summed E-state index contributed by atoms with van der Waals surface area (Å²) in [5, 5.41) is 1.16. The van der Waals surface area contributed by atoms with Crippen molar-refractivity contribution in [3.8, 4) is 0 Å². The second kappa shape index (κ2) is 5.53. The second-order valence-electron chi connectivity index (χ2n) is 5.74. The van der Waals surface area contributed by atoms with Gasteiger partial charge in [-0.2, -0.15) is 0 Å². The number of thiophene rings is 1. The minimum absolute atomic E-state index is 0.0683. The molecule has 1 aromatic carbocycles. The summed E-state index contributed by atoms with van der Waals surface area (Å²) < 4.78 is 0. The van der Waals surface area contributed by atoms with Gasteiger partial charge < -0.3 is 10.6 Å². The number of benzene rings is 1. The number of nitrogens with two attached hydrogens (primary N) is 1. The van der Waals surface area contributed by atoms with E-state index in [1.807, 2.05) is 6.07 Å². The molecule has 4 heteroatoms. The van der Waals surface area contributed by atoms with Crippen LogP contribution in [0.15, 0.2) is 30.3 Å². The van der Waals surface area contributed by atoms with Gasteiger partial charge in [-0.1, -0.05) is 30.3 Å². The number of nitrogen functional groups attached to an aromatic ring is 1. The number of hydrogen-bond acceptors (Lipinski definition) is 4. The maximum absolute atomic E-state index is 11.8. The summed E-state index contributed by atoms with van der Waals surface area (Å²) in [6.07, 6.45) is 2.37. The van der Waals surface area contributed by atoms with Gasteiger partial charge >= 0.3 is 0 Å². The van der Waals surface area contributed by atoms with Crippen LogP contribution in [0.3, 0.4) is 0 Å². The maximum Gasteiger partial charge on any atom is 0.171 e. The summed E-state index contributed by atoms with van der Waals surface area (Å²) in [4.78, 5) is 14.7. The van der Waals surface area contributed by atoms with E-state index in [9.17, 15) is 4.79 Å². The van der Waals surface area contributed by atoms with Crippen LogP contribution in [0.2, 0.25) is 0 Å². The van der Waals surface area contributed by atoms with E-state index in [2.05, 4.69) is 36.2 Å². The van der Waals surface area contributed by atoms with Crippen molar-refractivity contribution in [2.24, 2.45) is 0 Å². The third-order valence-corrected chi connectivity index (χ3v) is 5.31. The van der Waals surface area contributed by atoms with Crippen molar-refractivity contribution in [2.45, 2.75) is 32.2 Å². The number of Topliss-reactive ketones (excluding diaryl/α,β-unsaturated/α-hetero) is 1. The molecule has 0 spiro atoms. The van der Waals surface area contributed by atoms with E-state index in [0.717, 1.165) is 11.5 Å². The number of ketones is 1. The largest absolute Gasteiger partial charge is 0.397 e. The van der Waals surface area contributed by atoms with Crippen LogP contribution >= 0.6 is 11.3 Å². The average molecular weight is 300 g/mol. The van der Waals surface area contributed by atoms with Crippen LogP contribution in [0.1, 0.15) is 46.5 Å². The highest BCUT2D eigenvalue weighted by Crippen LogP contribution is 2.52. The molecule has 21 heavy (non-hydrogen) atoms. The Bertz CT molecular complexity index is 659. The van der Waals surface area contributed by atoms with Crippen molar-refractivity contribution < 1.29 is 4.79 Å². The molecule has 0 saturated heterocycles. The van der Waals surface area contributed by atoms with Gasteiger partial charge in [0, 0.05) is 26.1 Å². The molecule has 1 fully saturated rings. The van der Waals surface area contributed by atoms with Crippen molar-refractivity contribution in [1.82, 2.24) is 0 Å². The van der Waals surface area contributed by atoms with Crippen molar-refractivity contribution in [2.75, 3.05) is 17.7 Å². The van der Waals surface area contributed by atoms with Crippen LogP contribution in [0.4, 0.5) is 10.7 Å². The summed E-state index contributed by atoms with van der Waals surface area (Å²) in [5.41, 5.74) is 9.41. The molecule has 1 aliphatic carbocycles. The zero-order chi connectivity index (χ0) is 15.0. The highest BCUT2D eigenvalue weighted by Gasteiger charge is 2.33. The van der Waals surface area contributed by atoms with E-state index < -0.39 is 0 Å². The normalized spacial score (nSPS) is 14.2. The van der Waals surface area contributed by atoms with Crippen molar-refractivity contribution in [1.29, 1.82) is 0 Å². The molecule has 3 rings (SSSR count). The summed E-state index contributed by atoms with van der Waals surface area (Å²) in [5.74, 6) is 0.612. The van der Waals surface area contributed by atoms with Crippen LogP contribution in [-0.4, -0.2) is 12.8 Å². The number of carbonyl (C=O) groups is 1. The molecule has 3 nitrogen and oxygen atoms in total. The average Bonchev–Trinajstić information content (AvgIpc) is 3.22. The van der Waals surface area contributed by atoms with Gasteiger partial charge in [-0.25, -0.2) is 0 Å². The Kier molecular flexibility index (Phi) is 3.72. The van der Waals surface area contributed by atoms with Crippen LogP contribution in [-0.2, 0) is 6.54 Å². The van der Waals surface area contributed by atoms with Crippen molar-refractivity contribution in [3.63, 3.8) is 0 Å². The van der Waals surface area contributed by atoms with E-state index >= 15 is 0 Å². The molecule has 0 unspecified atom stereocenters. The molecule has 0 amide bonds. The van der Waals surface area contributed by atoms with Gasteiger partial charge in [-0.15, -0.1) is 11.3 Å². The summed E-state index contributed by atoms with van der Waals surface area (Å²) >= 11 is 1.54.